The molecule has 0 aliphatic carbocycles. The smallest absolute Gasteiger partial charge is 0.0509 e. The molecule has 0 N–H and O–H groups in total. The predicted octanol–water partition coefficient (Wildman–Crippen LogP) is 4.95. The third-order valence-electron chi connectivity index (χ3n) is 2.72. The molecule has 0 atom stereocenters. The van der Waals surface area contributed by atoms with Crippen LogP contribution in [0.3, 0.4) is 0 Å². The number of halogens is 2. The molecule has 0 fully saturated rings. The Morgan fingerprint density at radius 3 is 2.29 bits per heavy atom. The molecule has 0 aliphatic heterocycles. The van der Waals surface area contributed by atoms with E-state index in [9.17, 15) is 0 Å². The molecule has 0 heterocycles. The molecule has 1 nitrogen and oxygen atoms in total. The SMILES string of the molecule is CC(C)CN(c1cccc(Cl)c1CCl)C(C)C. The number of hydrogen-bond acceptors (Lipinski definition) is 1. The van der Waals surface area contributed by atoms with Crippen LogP contribution in [0, 0.1) is 5.92 Å². The maximum absolute atomic E-state index is 6.20. The highest BCUT2D eigenvalue weighted by Gasteiger charge is 2.16. The van der Waals surface area contributed by atoms with Gasteiger partial charge in [0.05, 0.1) is 5.88 Å². The predicted molar refractivity (Wildman–Crippen MR) is 78.3 cm³/mol. The molecule has 0 saturated carbocycles. The molecule has 0 radical (unpaired) electrons. The highest BCUT2D eigenvalue weighted by atomic mass is 35.5. The minimum Gasteiger partial charge on any atom is -0.369 e. The zero-order valence-corrected chi connectivity index (χ0v) is 12.5. The molecule has 3 heteroatoms. The topological polar surface area (TPSA) is 3.24 Å². The van der Waals surface area contributed by atoms with E-state index in [0.717, 1.165) is 22.8 Å². The largest absolute Gasteiger partial charge is 0.369 e. The van der Waals surface area contributed by atoms with Gasteiger partial charge in [-0.25, -0.2) is 0 Å². The van der Waals surface area contributed by atoms with Crippen LogP contribution in [0.15, 0.2) is 18.2 Å². The minimum absolute atomic E-state index is 0.442. The summed E-state index contributed by atoms with van der Waals surface area (Å²) in [5.74, 6) is 1.07. The van der Waals surface area contributed by atoms with Crippen LogP contribution in [-0.2, 0) is 5.88 Å². The van der Waals surface area contributed by atoms with E-state index in [2.05, 4.69) is 38.7 Å². The van der Waals surface area contributed by atoms with Crippen molar-refractivity contribution in [2.75, 3.05) is 11.4 Å². The molecule has 0 unspecified atom stereocenters. The molecule has 17 heavy (non-hydrogen) atoms. The summed E-state index contributed by atoms with van der Waals surface area (Å²) in [5.41, 5.74) is 2.20. The van der Waals surface area contributed by atoms with Crippen molar-refractivity contribution in [1.82, 2.24) is 0 Å². The Balaban J connectivity index is 3.13. The maximum Gasteiger partial charge on any atom is 0.0509 e. The van der Waals surface area contributed by atoms with Crippen LogP contribution < -0.4 is 4.90 Å². The van der Waals surface area contributed by atoms with Gasteiger partial charge in [0.15, 0.2) is 0 Å². The van der Waals surface area contributed by atoms with Crippen LogP contribution in [0.25, 0.3) is 0 Å². The average molecular weight is 274 g/mol. The first kappa shape index (κ1) is 14.7. The fourth-order valence-corrected chi connectivity index (χ4v) is 2.52. The van der Waals surface area contributed by atoms with Crippen molar-refractivity contribution in [3.05, 3.63) is 28.8 Å². The quantitative estimate of drug-likeness (QED) is 0.687. The molecular formula is C14H21Cl2N. The van der Waals surface area contributed by atoms with Crippen LogP contribution in [0.1, 0.15) is 33.3 Å². The number of benzene rings is 1. The van der Waals surface area contributed by atoms with Gasteiger partial charge in [0.2, 0.25) is 0 Å². The summed E-state index contributed by atoms with van der Waals surface area (Å²) >= 11 is 12.2. The number of anilines is 1. The van der Waals surface area contributed by atoms with Crippen molar-refractivity contribution in [3.63, 3.8) is 0 Å². The lowest BCUT2D eigenvalue weighted by atomic mass is 10.1. The van der Waals surface area contributed by atoms with Crippen LogP contribution >= 0.6 is 23.2 Å². The van der Waals surface area contributed by atoms with E-state index in [0.29, 0.717) is 17.8 Å². The van der Waals surface area contributed by atoms with Gasteiger partial charge in [-0.15, -0.1) is 11.6 Å². The van der Waals surface area contributed by atoms with E-state index < -0.39 is 0 Å². The zero-order valence-electron chi connectivity index (χ0n) is 11.0. The summed E-state index contributed by atoms with van der Waals surface area (Å²) in [6, 6.07) is 6.43. The van der Waals surface area contributed by atoms with Gasteiger partial charge in [0.1, 0.15) is 0 Å². The third kappa shape index (κ3) is 3.79. The van der Waals surface area contributed by atoms with Gasteiger partial charge in [-0.1, -0.05) is 31.5 Å². The third-order valence-corrected chi connectivity index (χ3v) is 3.34. The summed E-state index contributed by atoms with van der Waals surface area (Å²) in [7, 11) is 0. The zero-order chi connectivity index (χ0) is 13.0. The van der Waals surface area contributed by atoms with Crippen molar-refractivity contribution in [3.8, 4) is 0 Å². The molecule has 96 valence electrons. The normalized spacial score (nSPS) is 11.3. The second-order valence-electron chi connectivity index (χ2n) is 5.01. The molecule has 1 aromatic rings. The first-order chi connectivity index (χ1) is 7.97. The summed E-state index contributed by atoms with van der Waals surface area (Å²) in [6.07, 6.45) is 0. The molecule has 1 aromatic carbocycles. The minimum atomic E-state index is 0.442. The van der Waals surface area contributed by atoms with Gasteiger partial charge < -0.3 is 4.90 Å². The number of hydrogen-bond donors (Lipinski definition) is 0. The summed E-state index contributed by atoms with van der Waals surface area (Å²) < 4.78 is 0. The molecule has 0 spiro atoms. The monoisotopic (exact) mass is 273 g/mol. The summed E-state index contributed by atoms with van der Waals surface area (Å²) in [4.78, 5) is 2.37. The molecule has 0 bridgehead atoms. The van der Waals surface area contributed by atoms with E-state index in [1.54, 1.807) is 0 Å². The van der Waals surface area contributed by atoms with Gasteiger partial charge in [-0.05, 0) is 31.9 Å². The fraction of sp³-hybridized carbons (Fsp3) is 0.571. The van der Waals surface area contributed by atoms with E-state index in [1.807, 2.05) is 12.1 Å². The van der Waals surface area contributed by atoms with E-state index in [4.69, 9.17) is 23.2 Å². The van der Waals surface area contributed by atoms with Gasteiger partial charge in [-0.3, -0.25) is 0 Å². The highest BCUT2D eigenvalue weighted by Crippen LogP contribution is 2.30. The molecular weight excluding hydrogens is 253 g/mol. The van der Waals surface area contributed by atoms with Gasteiger partial charge in [-0.2, -0.15) is 0 Å². The van der Waals surface area contributed by atoms with Crippen LogP contribution in [0.4, 0.5) is 5.69 Å². The van der Waals surface area contributed by atoms with Crippen LogP contribution in [0.2, 0.25) is 5.02 Å². The number of alkyl halides is 1. The lowest BCUT2D eigenvalue weighted by molar-refractivity contribution is 0.570. The van der Waals surface area contributed by atoms with Crippen molar-refractivity contribution >= 4 is 28.9 Å². The first-order valence-electron chi connectivity index (χ1n) is 6.07. The first-order valence-corrected chi connectivity index (χ1v) is 6.98. The average Bonchev–Trinajstić information content (AvgIpc) is 2.25. The summed E-state index contributed by atoms with van der Waals surface area (Å²) in [6.45, 7) is 9.85. The van der Waals surface area contributed by atoms with Crippen molar-refractivity contribution in [1.29, 1.82) is 0 Å². The van der Waals surface area contributed by atoms with Gasteiger partial charge >= 0.3 is 0 Å². The fourth-order valence-electron chi connectivity index (χ4n) is 1.93. The van der Waals surface area contributed by atoms with Crippen molar-refractivity contribution < 1.29 is 0 Å². The Morgan fingerprint density at radius 1 is 1.18 bits per heavy atom. The van der Waals surface area contributed by atoms with Crippen LogP contribution in [-0.4, -0.2) is 12.6 Å². The van der Waals surface area contributed by atoms with E-state index in [1.165, 1.54) is 0 Å². The molecule has 0 saturated heterocycles. The number of rotatable bonds is 5. The second-order valence-corrected chi connectivity index (χ2v) is 5.69. The Labute approximate surface area is 115 Å². The Morgan fingerprint density at radius 2 is 1.82 bits per heavy atom. The lowest BCUT2D eigenvalue weighted by Crippen LogP contribution is -2.34. The van der Waals surface area contributed by atoms with E-state index >= 15 is 0 Å². The Kier molecular flexibility index (Phi) is 5.61. The van der Waals surface area contributed by atoms with Gasteiger partial charge in [0, 0.05) is 28.9 Å². The molecule has 0 amide bonds. The van der Waals surface area contributed by atoms with Crippen molar-refractivity contribution in [2.24, 2.45) is 5.92 Å². The van der Waals surface area contributed by atoms with E-state index in [-0.39, 0.29) is 0 Å². The Hall–Kier alpha value is -0.400. The molecule has 0 aliphatic rings. The second kappa shape index (κ2) is 6.51. The lowest BCUT2D eigenvalue weighted by Gasteiger charge is -2.32. The number of nitrogens with zero attached hydrogens (tertiary/aromatic N) is 1. The highest BCUT2D eigenvalue weighted by molar-refractivity contribution is 6.32. The molecule has 0 aromatic heterocycles. The standard InChI is InChI=1S/C14H21Cl2N/c1-10(2)9-17(11(3)4)14-7-5-6-13(16)12(14)8-15/h5-7,10-11H,8-9H2,1-4H3. The summed E-state index contributed by atoms with van der Waals surface area (Å²) in [5, 5.41) is 0.756. The molecule has 1 rings (SSSR count). The maximum atomic E-state index is 6.20. The van der Waals surface area contributed by atoms with Gasteiger partial charge in [0.25, 0.3) is 0 Å². The van der Waals surface area contributed by atoms with Crippen molar-refractivity contribution in [2.45, 2.75) is 39.6 Å². The van der Waals surface area contributed by atoms with Crippen LogP contribution in [0.5, 0.6) is 0 Å². The Bertz CT molecular complexity index is 361.